The van der Waals surface area contributed by atoms with Crippen LogP contribution in [0.25, 0.3) is 0 Å². The summed E-state index contributed by atoms with van der Waals surface area (Å²) in [4.78, 5) is 12.0. The zero-order valence-corrected chi connectivity index (χ0v) is 14.1. The van der Waals surface area contributed by atoms with Crippen molar-refractivity contribution in [1.82, 2.24) is 10.6 Å². The van der Waals surface area contributed by atoms with Gasteiger partial charge in [-0.2, -0.15) is 0 Å². The first-order chi connectivity index (χ1) is 9.49. The van der Waals surface area contributed by atoms with Gasteiger partial charge in [-0.1, -0.05) is 54.8 Å². The van der Waals surface area contributed by atoms with E-state index in [4.69, 9.17) is 24.4 Å². The first-order valence-corrected chi connectivity index (χ1v) is 7.74. The van der Waals surface area contributed by atoms with Crippen molar-refractivity contribution in [2.45, 2.75) is 18.9 Å². The van der Waals surface area contributed by atoms with E-state index in [1.54, 1.807) is 0 Å². The van der Waals surface area contributed by atoms with E-state index in [1.807, 2.05) is 30.3 Å². The van der Waals surface area contributed by atoms with Crippen LogP contribution < -0.4 is 10.6 Å². The molecule has 0 heterocycles. The van der Waals surface area contributed by atoms with Crippen LogP contribution in [0.5, 0.6) is 0 Å². The second-order valence-corrected chi connectivity index (χ2v) is 6.48. The van der Waals surface area contributed by atoms with Crippen LogP contribution in [-0.2, 0) is 0 Å². The standard InChI is InChI=1S/C13H16N2OS4/c16-11(9-4-2-1-3-5-9)7-6-10(15-13(19)20)8-14-12(17)18/h1-5,10H,6-8H2,(H2,14,17,18)(H2,15,19,20). The molecule has 1 unspecified atom stereocenters. The molecule has 7 heteroatoms. The summed E-state index contributed by atoms with van der Waals surface area (Å²) >= 11 is 17.8. The number of Topliss-reactive ketones (excluding diaryl/α,β-unsaturated/α-hetero) is 1. The van der Waals surface area contributed by atoms with E-state index in [0.29, 0.717) is 28.0 Å². The molecule has 3 nitrogen and oxygen atoms in total. The molecule has 0 aliphatic carbocycles. The fourth-order valence-electron chi connectivity index (χ4n) is 1.68. The van der Waals surface area contributed by atoms with Crippen LogP contribution in [0.15, 0.2) is 30.3 Å². The number of ketones is 1. The first kappa shape index (κ1) is 17.4. The molecule has 1 atom stereocenters. The number of carbonyl (C=O) groups excluding carboxylic acids is 1. The van der Waals surface area contributed by atoms with Crippen LogP contribution in [0.4, 0.5) is 0 Å². The molecule has 0 bridgehead atoms. The maximum Gasteiger partial charge on any atom is 0.162 e. The molecular formula is C13H16N2OS4. The van der Waals surface area contributed by atoms with Gasteiger partial charge in [-0.15, -0.1) is 25.3 Å². The number of carbonyl (C=O) groups is 1. The molecule has 0 fully saturated rings. The lowest BCUT2D eigenvalue weighted by molar-refractivity contribution is 0.0977. The molecular weight excluding hydrogens is 328 g/mol. The smallest absolute Gasteiger partial charge is 0.162 e. The summed E-state index contributed by atoms with van der Waals surface area (Å²) in [5.74, 6) is 0.107. The Morgan fingerprint density at radius 3 is 2.35 bits per heavy atom. The average Bonchev–Trinajstić information content (AvgIpc) is 2.42. The van der Waals surface area contributed by atoms with Gasteiger partial charge in [0.15, 0.2) is 5.78 Å². The highest BCUT2D eigenvalue weighted by Crippen LogP contribution is 2.07. The highest BCUT2D eigenvalue weighted by molar-refractivity contribution is 8.11. The van der Waals surface area contributed by atoms with E-state index in [-0.39, 0.29) is 11.8 Å². The maximum absolute atomic E-state index is 12.0. The number of thiol groups is 2. The van der Waals surface area contributed by atoms with Gasteiger partial charge in [0.25, 0.3) is 0 Å². The summed E-state index contributed by atoms with van der Waals surface area (Å²) in [5.41, 5.74) is 0.720. The fraction of sp³-hybridized carbons (Fsp3) is 0.308. The van der Waals surface area contributed by atoms with Crippen LogP contribution in [0, 0.1) is 0 Å². The molecule has 108 valence electrons. The van der Waals surface area contributed by atoms with E-state index in [2.05, 4.69) is 35.9 Å². The van der Waals surface area contributed by atoms with E-state index < -0.39 is 0 Å². The van der Waals surface area contributed by atoms with Crippen molar-refractivity contribution < 1.29 is 4.79 Å². The van der Waals surface area contributed by atoms with E-state index >= 15 is 0 Å². The third-order valence-electron chi connectivity index (χ3n) is 2.64. The van der Waals surface area contributed by atoms with Crippen molar-refractivity contribution in [3.63, 3.8) is 0 Å². The van der Waals surface area contributed by atoms with E-state index in [1.165, 1.54) is 0 Å². The Bertz CT molecular complexity index is 479. The van der Waals surface area contributed by atoms with Crippen molar-refractivity contribution in [2.24, 2.45) is 0 Å². The average molecular weight is 345 g/mol. The summed E-state index contributed by atoms with van der Waals surface area (Å²) in [6, 6.07) is 9.21. The molecule has 0 aromatic heterocycles. The SMILES string of the molecule is O=C(CCC(CNC(=S)S)NC(=S)S)c1ccccc1. The minimum Gasteiger partial charge on any atom is -0.369 e. The normalized spacial score (nSPS) is 11.5. The van der Waals surface area contributed by atoms with Crippen molar-refractivity contribution in [2.75, 3.05) is 6.54 Å². The van der Waals surface area contributed by atoms with Crippen molar-refractivity contribution >= 4 is 64.1 Å². The third-order valence-corrected chi connectivity index (χ3v) is 3.19. The molecule has 1 rings (SSSR count). The van der Waals surface area contributed by atoms with Crippen LogP contribution in [0.1, 0.15) is 23.2 Å². The summed E-state index contributed by atoms with van der Waals surface area (Å²) in [7, 11) is 0. The van der Waals surface area contributed by atoms with Crippen molar-refractivity contribution in [3.8, 4) is 0 Å². The quantitative estimate of drug-likeness (QED) is 0.348. The number of hydrogen-bond acceptors (Lipinski definition) is 3. The van der Waals surface area contributed by atoms with Crippen LogP contribution in [0.3, 0.4) is 0 Å². The van der Waals surface area contributed by atoms with E-state index in [0.717, 1.165) is 5.56 Å². The Hall–Kier alpha value is -0.630. The molecule has 1 aromatic rings. The van der Waals surface area contributed by atoms with Gasteiger partial charge in [0, 0.05) is 24.6 Å². The summed E-state index contributed by atoms with van der Waals surface area (Å²) in [5, 5.41) is 5.97. The molecule has 1 aromatic carbocycles. The Morgan fingerprint density at radius 1 is 1.15 bits per heavy atom. The number of benzene rings is 1. The monoisotopic (exact) mass is 344 g/mol. The summed E-state index contributed by atoms with van der Waals surface area (Å²) in [6.45, 7) is 0.547. The van der Waals surface area contributed by atoms with Gasteiger partial charge in [0.1, 0.15) is 8.64 Å². The highest BCUT2D eigenvalue weighted by Gasteiger charge is 2.12. The molecule has 20 heavy (non-hydrogen) atoms. The van der Waals surface area contributed by atoms with Crippen LogP contribution in [-0.4, -0.2) is 27.0 Å². The molecule has 0 aliphatic rings. The predicted octanol–water partition coefficient (Wildman–Crippen LogP) is 2.63. The number of rotatable bonds is 7. The van der Waals surface area contributed by atoms with E-state index in [9.17, 15) is 4.79 Å². The van der Waals surface area contributed by atoms with Crippen LogP contribution in [0.2, 0.25) is 0 Å². The van der Waals surface area contributed by atoms with Gasteiger partial charge < -0.3 is 10.6 Å². The largest absolute Gasteiger partial charge is 0.369 e. The topological polar surface area (TPSA) is 41.1 Å². The first-order valence-electron chi connectivity index (χ1n) is 6.03. The molecule has 2 N–H and O–H groups in total. The van der Waals surface area contributed by atoms with Gasteiger partial charge in [-0.3, -0.25) is 4.79 Å². The Balaban J connectivity index is 2.50. The highest BCUT2D eigenvalue weighted by atomic mass is 32.1. The molecule has 0 radical (unpaired) electrons. The van der Waals surface area contributed by atoms with Gasteiger partial charge in [-0.25, -0.2) is 0 Å². The maximum atomic E-state index is 12.0. The van der Waals surface area contributed by atoms with Crippen LogP contribution >= 0.6 is 49.7 Å². The lowest BCUT2D eigenvalue weighted by atomic mass is 10.0. The predicted molar refractivity (Wildman–Crippen MR) is 98.1 cm³/mol. The lowest BCUT2D eigenvalue weighted by Gasteiger charge is -2.19. The number of nitrogens with one attached hydrogen (secondary N) is 2. The minimum atomic E-state index is -0.0160. The Labute approximate surface area is 140 Å². The zero-order chi connectivity index (χ0) is 15.0. The van der Waals surface area contributed by atoms with Crippen molar-refractivity contribution in [3.05, 3.63) is 35.9 Å². The lowest BCUT2D eigenvalue weighted by Crippen LogP contribution is -2.40. The Morgan fingerprint density at radius 2 is 1.80 bits per heavy atom. The van der Waals surface area contributed by atoms with Gasteiger partial charge in [0.05, 0.1) is 0 Å². The minimum absolute atomic E-state index is 0.0160. The molecule has 0 saturated carbocycles. The number of thiocarbonyl (C=S) groups is 2. The van der Waals surface area contributed by atoms with Gasteiger partial charge >= 0.3 is 0 Å². The summed E-state index contributed by atoms with van der Waals surface area (Å²) in [6.07, 6.45) is 1.07. The Kier molecular flexibility index (Phi) is 8.13. The van der Waals surface area contributed by atoms with Gasteiger partial charge in [0.2, 0.25) is 0 Å². The zero-order valence-electron chi connectivity index (χ0n) is 10.7. The molecule has 0 aliphatic heterocycles. The van der Waals surface area contributed by atoms with Gasteiger partial charge in [-0.05, 0) is 6.42 Å². The fourth-order valence-corrected chi connectivity index (χ4v) is 2.21. The molecule has 0 saturated heterocycles. The second-order valence-electron chi connectivity index (χ2n) is 4.16. The number of hydrogen-bond donors (Lipinski definition) is 4. The third kappa shape index (κ3) is 7.23. The second kappa shape index (κ2) is 9.33. The molecule has 0 amide bonds. The van der Waals surface area contributed by atoms with Crippen molar-refractivity contribution in [1.29, 1.82) is 0 Å². The summed E-state index contributed by atoms with van der Waals surface area (Å²) < 4.78 is 0.810. The molecule has 0 spiro atoms.